The second-order valence-electron chi connectivity index (χ2n) is 4.07. The van der Waals surface area contributed by atoms with E-state index in [-0.39, 0.29) is 11.3 Å². The van der Waals surface area contributed by atoms with Crippen LogP contribution in [0.5, 0.6) is 0 Å². The van der Waals surface area contributed by atoms with Gasteiger partial charge in [-0.3, -0.25) is 4.79 Å². The molecule has 0 unspecified atom stereocenters. The van der Waals surface area contributed by atoms with Gasteiger partial charge in [-0.05, 0) is 34.3 Å². The fourth-order valence-corrected chi connectivity index (χ4v) is 1.09. The highest BCUT2D eigenvalue weighted by Gasteiger charge is 2.27. The second kappa shape index (κ2) is 4.82. The van der Waals surface area contributed by atoms with Gasteiger partial charge in [0.2, 0.25) is 0 Å². The van der Waals surface area contributed by atoms with Gasteiger partial charge in [0.15, 0.2) is 5.76 Å². The maximum Gasteiger partial charge on any atom is 0.415 e. The number of nitrogens with two attached hydrogens (primary N) is 1. The summed E-state index contributed by atoms with van der Waals surface area (Å²) in [4.78, 5) is 23.7. The highest BCUT2D eigenvalue weighted by Crippen LogP contribution is 2.15. The number of carbonyl (C=O) groups is 2. The van der Waals surface area contributed by atoms with E-state index in [0.29, 0.717) is 6.54 Å². The maximum absolute atomic E-state index is 11.6. The van der Waals surface area contributed by atoms with Crippen molar-refractivity contribution in [2.45, 2.75) is 33.2 Å². The van der Waals surface area contributed by atoms with Crippen LogP contribution in [-0.2, 0) is 9.53 Å². The second-order valence-corrected chi connectivity index (χ2v) is 4.07. The highest BCUT2D eigenvalue weighted by atomic mass is 16.6. The molecule has 0 aromatic rings. The minimum Gasteiger partial charge on any atom is -0.405 e. The number of rotatable bonds is 3. The predicted molar refractivity (Wildman–Crippen MR) is 56.9 cm³/mol. The largest absolute Gasteiger partial charge is 0.415 e. The molecule has 2 amide bonds. The molecule has 0 bridgehead atoms. The molecule has 0 heterocycles. The molecule has 0 aromatic heterocycles. The normalized spacial score (nSPS) is 10.7. The van der Waals surface area contributed by atoms with E-state index in [1.807, 2.05) is 27.7 Å². The molecular weight excluding hydrogens is 196 g/mol. The lowest BCUT2D eigenvalue weighted by atomic mass is 10.1. The SMILES string of the molecule is C=C(OC(=O)N(CC)C(C)(C)C)C(N)=O. The van der Waals surface area contributed by atoms with Gasteiger partial charge in [-0.1, -0.05) is 0 Å². The Hall–Kier alpha value is -1.52. The number of nitrogens with zero attached hydrogens (tertiary/aromatic N) is 1. The molecule has 5 nitrogen and oxygen atoms in total. The van der Waals surface area contributed by atoms with Gasteiger partial charge in [-0.15, -0.1) is 0 Å². The van der Waals surface area contributed by atoms with Crippen LogP contribution in [0.3, 0.4) is 0 Å². The summed E-state index contributed by atoms with van der Waals surface area (Å²) in [5, 5.41) is 0. The Morgan fingerprint density at radius 2 is 1.87 bits per heavy atom. The van der Waals surface area contributed by atoms with E-state index in [4.69, 9.17) is 10.5 Å². The molecule has 0 atom stereocenters. The number of ether oxygens (including phenoxy) is 1. The van der Waals surface area contributed by atoms with Crippen molar-refractivity contribution >= 4 is 12.0 Å². The first kappa shape index (κ1) is 13.5. The number of hydrogen-bond acceptors (Lipinski definition) is 3. The van der Waals surface area contributed by atoms with Crippen molar-refractivity contribution in [1.29, 1.82) is 0 Å². The Kier molecular flexibility index (Phi) is 4.33. The third-order valence-corrected chi connectivity index (χ3v) is 1.83. The average Bonchev–Trinajstić information content (AvgIpc) is 2.01. The van der Waals surface area contributed by atoms with Crippen LogP contribution in [0.2, 0.25) is 0 Å². The monoisotopic (exact) mass is 214 g/mol. The molecular formula is C10H18N2O3. The zero-order valence-electron chi connectivity index (χ0n) is 9.66. The fourth-order valence-electron chi connectivity index (χ4n) is 1.09. The lowest BCUT2D eigenvalue weighted by Gasteiger charge is -2.33. The Labute approximate surface area is 89.9 Å². The zero-order chi connectivity index (χ0) is 12.2. The smallest absolute Gasteiger partial charge is 0.405 e. The zero-order valence-corrected chi connectivity index (χ0v) is 9.66. The summed E-state index contributed by atoms with van der Waals surface area (Å²) < 4.78 is 4.71. The Morgan fingerprint density at radius 1 is 1.40 bits per heavy atom. The summed E-state index contributed by atoms with van der Waals surface area (Å²) in [6, 6.07) is 0. The van der Waals surface area contributed by atoms with Crippen molar-refractivity contribution in [2.24, 2.45) is 5.73 Å². The van der Waals surface area contributed by atoms with Crippen LogP contribution < -0.4 is 5.73 Å². The van der Waals surface area contributed by atoms with Crippen molar-refractivity contribution in [3.63, 3.8) is 0 Å². The summed E-state index contributed by atoms with van der Waals surface area (Å²) >= 11 is 0. The van der Waals surface area contributed by atoms with Gasteiger partial charge in [0, 0.05) is 12.1 Å². The summed E-state index contributed by atoms with van der Waals surface area (Å²) in [5.41, 5.74) is 4.53. The van der Waals surface area contributed by atoms with Crippen LogP contribution in [0.15, 0.2) is 12.3 Å². The molecule has 5 heteroatoms. The van der Waals surface area contributed by atoms with Crippen molar-refractivity contribution in [3.8, 4) is 0 Å². The van der Waals surface area contributed by atoms with Gasteiger partial charge in [-0.2, -0.15) is 0 Å². The van der Waals surface area contributed by atoms with Gasteiger partial charge in [0.05, 0.1) is 0 Å². The highest BCUT2D eigenvalue weighted by molar-refractivity contribution is 5.91. The first-order valence-electron chi connectivity index (χ1n) is 4.68. The molecule has 2 N–H and O–H groups in total. The van der Waals surface area contributed by atoms with Crippen LogP contribution in [0.25, 0.3) is 0 Å². The average molecular weight is 214 g/mol. The van der Waals surface area contributed by atoms with Crippen LogP contribution in [0.1, 0.15) is 27.7 Å². The predicted octanol–water partition coefficient (Wildman–Crippen LogP) is 1.24. The molecule has 0 aliphatic rings. The lowest BCUT2D eigenvalue weighted by molar-refractivity contribution is -0.117. The molecule has 0 radical (unpaired) electrons. The van der Waals surface area contributed by atoms with Crippen molar-refractivity contribution in [2.75, 3.05) is 6.54 Å². The van der Waals surface area contributed by atoms with Gasteiger partial charge >= 0.3 is 6.09 Å². The van der Waals surface area contributed by atoms with E-state index >= 15 is 0 Å². The molecule has 0 saturated carbocycles. The lowest BCUT2D eigenvalue weighted by Crippen LogP contribution is -2.46. The third-order valence-electron chi connectivity index (χ3n) is 1.83. The Balaban J connectivity index is 4.56. The Bertz CT molecular complexity index is 279. The maximum atomic E-state index is 11.6. The molecule has 0 rings (SSSR count). The standard InChI is InChI=1S/C10H18N2O3/c1-6-12(10(3,4)5)9(14)15-7(2)8(11)13/h2,6H2,1,3-5H3,(H2,11,13). The van der Waals surface area contributed by atoms with Crippen LogP contribution in [-0.4, -0.2) is 29.0 Å². The third kappa shape index (κ3) is 4.01. The molecule has 0 aliphatic heterocycles. The molecule has 0 fully saturated rings. The topological polar surface area (TPSA) is 72.6 Å². The van der Waals surface area contributed by atoms with Crippen molar-refractivity contribution < 1.29 is 14.3 Å². The van der Waals surface area contributed by atoms with E-state index in [1.54, 1.807) is 0 Å². The molecule has 0 spiro atoms. The summed E-state index contributed by atoms with van der Waals surface area (Å²) in [6.07, 6.45) is -0.617. The molecule has 86 valence electrons. The fraction of sp³-hybridized carbons (Fsp3) is 0.600. The van der Waals surface area contributed by atoms with Gasteiger partial charge in [0.1, 0.15) is 0 Å². The van der Waals surface area contributed by atoms with Gasteiger partial charge in [-0.25, -0.2) is 4.79 Å². The quantitative estimate of drug-likeness (QED) is 0.567. The first-order valence-corrected chi connectivity index (χ1v) is 4.68. The molecule has 15 heavy (non-hydrogen) atoms. The number of carbonyl (C=O) groups excluding carboxylic acids is 2. The van der Waals surface area contributed by atoms with E-state index in [2.05, 4.69) is 6.58 Å². The van der Waals surface area contributed by atoms with Gasteiger partial charge in [0.25, 0.3) is 5.91 Å². The number of amides is 2. The van der Waals surface area contributed by atoms with Crippen LogP contribution in [0.4, 0.5) is 4.79 Å². The Morgan fingerprint density at radius 3 is 2.13 bits per heavy atom. The molecule has 0 aliphatic carbocycles. The van der Waals surface area contributed by atoms with E-state index in [9.17, 15) is 9.59 Å². The van der Waals surface area contributed by atoms with Crippen LogP contribution in [0, 0.1) is 0 Å². The van der Waals surface area contributed by atoms with E-state index in [0.717, 1.165) is 0 Å². The number of hydrogen-bond donors (Lipinski definition) is 1. The van der Waals surface area contributed by atoms with E-state index in [1.165, 1.54) is 4.90 Å². The van der Waals surface area contributed by atoms with Gasteiger partial charge < -0.3 is 15.4 Å². The summed E-state index contributed by atoms with van der Waals surface area (Å²) in [6.45, 7) is 11.1. The molecule has 0 aromatic carbocycles. The summed E-state index contributed by atoms with van der Waals surface area (Å²) in [5.74, 6) is -1.18. The van der Waals surface area contributed by atoms with Crippen molar-refractivity contribution in [3.05, 3.63) is 12.3 Å². The molecule has 0 saturated heterocycles. The minimum absolute atomic E-state index is 0.345. The minimum atomic E-state index is -0.840. The van der Waals surface area contributed by atoms with E-state index < -0.39 is 12.0 Å². The van der Waals surface area contributed by atoms with Crippen LogP contribution >= 0.6 is 0 Å². The summed E-state index contributed by atoms with van der Waals surface area (Å²) in [7, 11) is 0. The first-order chi connectivity index (χ1) is 6.70. The number of primary amides is 1. The van der Waals surface area contributed by atoms with Crippen molar-refractivity contribution in [1.82, 2.24) is 4.90 Å².